The van der Waals surface area contributed by atoms with Crippen molar-refractivity contribution in [2.75, 3.05) is 6.54 Å². The highest BCUT2D eigenvalue weighted by Crippen LogP contribution is 2.17. The summed E-state index contributed by atoms with van der Waals surface area (Å²) >= 11 is 0. The zero-order valence-electron chi connectivity index (χ0n) is 11.1. The minimum atomic E-state index is -1.02. The van der Waals surface area contributed by atoms with Crippen molar-refractivity contribution in [2.24, 2.45) is 0 Å². The Morgan fingerprint density at radius 3 is 2.84 bits per heavy atom. The van der Waals surface area contributed by atoms with E-state index in [9.17, 15) is 9.59 Å². The summed E-state index contributed by atoms with van der Waals surface area (Å²) in [5.41, 5.74) is 0.138. The fourth-order valence-electron chi connectivity index (χ4n) is 2.34. The van der Waals surface area contributed by atoms with E-state index < -0.39 is 5.97 Å². The van der Waals surface area contributed by atoms with Crippen LogP contribution in [0.15, 0.2) is 10.5 Å². The van der Waals surface area contributed by atoms with E-state index in [1.807, 2.05) is 6.92 Å². The van der Waals surface area contributed by atoms with Crippen LogP contribution in [0.25, 0.3) is 0 Å². The fourth-order valence-corrected chi connectivity index (χ4v) is 2.34. The van der Waals surface area contributed by atoms with Gasteiger partial charge in [-0.2, -0.15) is 0 Å². The molecule has 1 aromatic heterocycles. The quantitative estimate of drug-likeness (QED) is 0.876. The molecule has 0 saturated carbocycles. The highest BCUT2D eigenvalue weighted by molar-refractivity contribution is 5.88. The number of hydrogen-bond donors (Lipinski definition) is 2. The van der Waals surface area contributed by atoms with Crippen LogP contribution in [0.4, 0.5) is 4.79 Å². The minimum Gasteiger partial charge on any atom is -0.478 e. The minimum absolute atomic E-state index is 0.129. The topological polar surface area (TPSA) is 82.8 Å². The predicted octanol–water partition coefficient (Wildman–Crippen LogP) is 1.98. The smallest absolute Gasteiger partial charge is 0.339 e. The van der Waals surface area contributed by atoms with Crippen molar-refractivity contribution in [1.29, 1.82) is 0 Å². The Morgan fingerprint density at radius 2 is 2.32 bits per heavy atom. The lowest BCUT2D eigenvalue weighted by molar-refractivity contribution is 0.0695. The van der Waals surface area contributed by atoms with Crippen molar-refractivity contribution in [3.63, 3.8) is 0 Å². The van der Waals surface area contributed by atoms with E-state index in [4.69, 9.17) is 9.52 Å². The van der Waals surface area contributed by atoms with E-state index in [-0.39, 0.29) is 24.2 Å². The van der Waals surface area contributed by atoms with Gasteiger partial charge in [-0.15, -0.1) is 0 Å². The molecule has 2 heterocycles. The van der Waals surface area contributed by atoms with Crippen molar-refractivity contribution in [3.8, 4) is 0 Å². The zero-order valence-corrected chi connectivity index (χ0v) is 11.1. The molecule has 1 aliphatic rings. The number of nitrogens with zero attached hydrogens (tertiary/aromatic N) is 1. The van der Waals surface area contributed by atoms with Crippen molar-refractivity contribution < 1.29 is 19.1 Å². The van der Waals surface area contributed by atoms with Gasteiger partial charge < -0.3 is 19.7 Å². The highest BCUT2D eigenvalue weighted by Gasteiger charge is 2.25. The summed E-state index contributed by atoms with van der Waals surface area (Å²) in [6.07, 6.45) is 2.05. The molecular formula is C13H18N2O4. The number of rotatable bonds is 3. The molecule has 0 radical (unpaired) electrons. The molecular weight excluding hydrogens is 248 g/mol. The molecule has 104 valence electrons. The maximum atomic E-state index is 11.9. The number of furan rings is 1. The van der Waals surface area contributed by atoms with Gasteiger partial charge in [-0.25, -0.2) is 9.59 Å². The van der Waals surface area contributed by atoms with Crippen LogP contribution in [0.3, 0.4) is 0 Å². The molecule has 0 aliphatic carbocycles. The summed E-state index contributed by atoms with van der Waals surface area (Å²) in [4.78, 5) is 24.6. The Morgan fingerprint density at radius 1 is 1.58 bits per heavy atom. The summed E-state index contributed by atoms with van der Waals surface area (Å²) in [7, 11) is 0. The van der Waals surface area contributed by atoms with Crippen molar-refractivity contribution in [1.82, 2.24) is 10.2 Å². The van der Waals surface area contributed by atoms with Crippen LogP contribution in [0.1, 0.15) is 41.6 Å². The van der Waals surface area contributed by atoms with Crippen LogP contribution in [-0.4, -0.2) is 34.6 Å². The van der Waals surface area contributed by atoms with Gasteiger partial charge in [-0.05, 0) is 32.8 Å². The zero-order chi connectivity index (χ0) is 14.0. The molecule has 2 amide bonds. The maximum Gasteiger partial charge on any atom is 0.339 e. The average molecular weight is 266 g/mol. The molecule has 1 aromatic rings. The van der Waals surface area contributed by atoms with E-state index >= 15 is 0 Å². The predicted molar refractivity (Wildman–Crippen MR) is 68.0 cm³/mol. The number of carbonyl (C=O) groups excluding carboxylic acids is 1. The van der Waals surface area contributed by atoms with Crippen LogP contribution in [0, 0.1) is 6.92 Å². The molecule has 0 aromatic carbocycles. The van der Waals surface area contributed by atoms with Gasteiger partial charge in [0.25, 0.3) is 0 Å². The Balaban J connectivity index is 1.93. The van der Waals surface area contributed by atoms with E-state index in [0.29, 0.717) is 11.5 Å². The average Bonchev–Trinajstić information content (AvgIpc) is 2.92. The standard InChI is InChI=1S/C13H18N2O4/c1-8-4-3-5-15(8)13(18)14-7-10-6-11(12(16)17)9(2)19-10/h6,8H,3-5,7H2,1-2H3,(H,14,18)(H,16,17). The van der Waals surface area contributed by atoms with Crippen LogP contribution < -0.4 is 5.32 Å². The molecule has 1 fully saturated rings. The third-order valence-electron chi connectivity index (χ3n) is 3.43. The van der Waals surface area contributed by atoms with E-state index in [2.05, 4.69) is 5.32 Å². The molecule has 0 spiro atoms. The molecule has 6 nitrogen and oxygen atoms in total. The first kappa shape index (κ1) is 13.5. The van der Waals surface area contributed by atoms with Crippen LogP contribution in [0.5, 0.6) is 0 Å². The summed E-state index contributed by atoms with van der Waals surface area (Å²) in [6.45, 7) is 4.59. The number of carboxylic acid groups (broad SMARTS) is 1. The van der Waals surface area contributed by atoms with Gasteiger partial charge in [-0.1, -0.05) is 0 Å². The second-order valence-corrected chi connectivity index (χ2v) is 4.83. The van der Waals surface area contributed by atoms with Gasteiger partial charge in [-0.3, -0.25) is 0 Å². The monoisotopic (exact) mass is 266 g/mol. The first-order chi connectivity index (χ1) is 8.99. The molecule has 1 unspecified atom stereocenters. The lowest BCUT2D eigenvalue weighted by atomic mass is 10.2. The summed E-state index contributed by atoms with van der Waals surface area (Å²) < 4.78 is 5.30. The molecule has 1 atom stereocenters. The van der Waals surface area contributed by atoms with Crippen LogP contribution in [-0.2, 0) is 6.54 Å². The van der Waals surface area contributed by atoms with E-state index in [1.165, 1.54) is 6.07 Å². The first-order valence-electron chi connectivity index (χ1n) is 6.36. The Kier molecular flexibility index (Phi) is 3.78. The number of likely N-dealkylation sites (tertiary alicyclic amines) is 1. The summed E-state index contributed by atoms with van der Waals surface area (Å²) in [5, 5.41) is 11.7. The number of aromatic carboxylic acids is 1. The lowest BCUT2D eigenvalue weighted by Crippen LogP contribution is -2.41. The van der Waals surface area contributed by atoms with Gasteiger partial charge in [0, 0.05) is 12.6 Å². The maximum absolute atomic E-state index is 11.9. The first-order valence-corrected chi connectivity index (χ1v) is 6.36. The van der Waals surface area contributed by atoms with Crippen molar-refractivity contribution >= 4 is 12.0 Å². The van der Waals surface area contributed by atoms with Crippen molar-refractivity contribution in [3.05, 3.63) is 23.2 Å². The van der Waals surface area contributed by atoms with E-state index in [1.54, 1.807) is 11.8 Å². The van der Waals surface area contributed by atoms with Crippen LogP contribution in [0.2, 0.25) is 0 Å². The molecule has 6 heteroatoms. The normalized spacial score (nSPS) is 18.6. The number of carbonyl (C=O) groups is 2. The number of nitrogens with one attached hydrogen (secondary N) is 1. The molecule has 2 rings (SSSR count). The number of aryl methyl sites for hydroxylation is 1. The number of hydrogen-bond acceptors (Lipinski definition) is 3. The molecule has 2 N–H and O–H groups in total. The Bertz CT molecular complexity index is 495. The van der Waals surface area contributed by atoms with Gasteiger partial charge >= 0.3 is 12.0 Å². The molecule has 19 heavy (non-hydrogen) atoms. The highest BCUT2D eigenvalue weighted by atomic mass is 16.4. The van der Waals surface area contributed by atoms with Gasteiger partial charge in [0.05, 0.1) is 6.54 Å². The molecule has 1 saturated heterocycles. The number of urea groups is 1. The van der Waals surface area contributed by atoms with Gasteiger partial charge in [0.2, 0.25) is 0 Å². The lowest BCUT2D eigenvalue weighted by Gasteiger charge is -2.21. The Hall–Kier alpha value is -1.98. The second kappa shape index (κ2) is 5.34. The largest absolute Gasteiger partial charge is 0.478 e. The fraction of sp³-hybridized carbons (Fsp3) is 0.538. The molecule has 1 aliphatic heterocycles. The third-order valence-corrected chi connectivity index (χ3v) is 3.43. The van der Waals surface area contributed by atoms with E-state index in [0.717, 1.165) is 19.4 Å². The summed E-state index contributed by atoms with van der Waals surface area (Å²) in [5.74, 6) is -0.214. The van der Waals surface area contributed by atoms with Gasteiger partial charge in [0.15, 0.2) is 0 Å². The summed E-state index contributed by atoms with van der Waals surface area (Å²) in [6, 6.07) is 1.58. The molecule has 0 bridgehead atoms. The van der Waals surface area contributed by atoms with Gasteiger partial charge in [0.1, 0.15) is 17.1 Å². The SMILES string of the molecule is Cc1oc(CNC(=O)N2CCCC2C)cc1C(=O)O. The number of carboxylic acids is 1. The Labute approximate surface area is 111 Å². The third kappa shape index (κ3) is 2.89. The second-order valence-electron chi connectivity index (χ2n) is 4.83. The number of amides is 2. The van der Waals surface area contributed by atoms with Crippen LogP contribution >= 0.6 is 0 Å². The van der Waals surface area contributed by atoms with Crippen molar-refractivity contribution in [2.45, 2.75) is 39.3 Å².